The van der Waals surface area contributed by atoms with E-state index in [1.54, 1.807) is 17.0 Å². The number of hydrogen-bond acceptors (Lipinski definition) is 4. The zero-order valence-corrected chi connectivity index (χ0v) is 20.5. The van der Waals surface area contributed by atoms with Crippen LogP contribution in [0.15, 0.2) is 34.7 Å². The third kappa shape index (κ3) is 4.34. The normalized spacial score (nSPS) is 16.2. The van der Waals surface area contributed by atoms with E-state index in [9.17, 15) is 19.1 Å². The van der Waals surface area contributed by atoms with E-state index in [0.29, 0.717) is 22.4 Å². The highest BCUT2D eigenvalue weighted by Gasteiger charge is 2.40. The van der Waals surface area contributed by atoms with Crippen LogP contribution in [0.2, 0.25) is 5.02 Å². The number of halogens is 2. The van der Waals surface area contributed by atoms with Crippen molar-refractivity contribution in [1.82, 2.24) is 14.8 Å². The van der Waals surface area contributed by atoms with Crippen molar-refractivity contribution in [3.05, 3.63) is 52.5 Å². The highest BCUT2D eigenvalue weighted by molar-refractivity contribution is 6.30. The van der Waals surface area contributed by atoms with Crippen LogP contribution >= 0.6 is 11.6 Å². The van der Waals surface area contributed by atoms with E-state index >= 15 is 0 Å². The lowest BCUT2D eigenvalue weighted by molar-refractivity contribution is 0.0179. The molecule has 7 nitrogen and oxygen atoms in total. The Morgan fingerprint density at radius 2 is 1.88 bits per heavy atom. The number of benzene rings is 1. The predicted octanol–water partition coefficient (Wildman–Crippen LogP) is 5.80. The molecule has 0 unspecified atom stereocenters. The van der Waals surface area contributed by atoms with Crippen LogP contribution in [0.25, 0.3) is 22.4 Å². The predicted molar refractivity (Wildman–Crippen MR) is 128 cm³/mol. The van der Waals surface area contributed by atoms with Crippen LogP contribution in [-0.2, 0) is 5.41 Å². The topological polar surface area (TPSA) is 86.9 Å². The summed E-state index contributed by atoms with van der Waals surface area (Å²) in [5, 5.41) is 9.36. The molecule has 0 spiro atoms. The Kier molecular flexibility index (Phi) is 5.84. The molecule has 2 aromatic heterocycles. The molecule has 1 aliphatic rings. The molecule has 0 aliphatic carbocycles. The number of carbonyl (C=O) groups excluding carboxylic acids is 1. The molecule has 0 atom stereocenters. The number of pyridine rings is 1. The molecule has 0 saturated carbocycles. The van der Waals surface area contributed by atoms with Crippen LogP contribution in [0.1, 0.15) is 50.7 Å². The maximum Gasteiger partial charge on any atom is 0.407 e. The fourth-order valence-corrected chi connectivity index (χ4v) is 4.43. The average Bonchev–Trinajstić information content (AvgIpc) is 3.17. The fourth-order valence-electron chi connectivity index (χ4n) is 4.32. The number of carboxylic acid groups (broad SMARTS) is 1. The van der Waals surface area contributed by atoms with E-state index < -0.39 is 17.4 Å². The van der Waals surface area contributed by atoms with Crippen molar-refractivity contribution >= 4 is 34.7 Å². The van der Waals surface area contributed by atoms with E-state index in [0.717, 1.165) is 5.56 Å². The van der Waals surface area contributed by atoms with Gasteiger partial charge in [-0.1, -0.05) is 38.4 Å². The molecule has 4 rings (SSSR count). The molecule has 1 fully saturated rings. The highest BCUT2D eigenvalue weighted by atomic mass is 35.5. The van der Waals surface area contributed by atoms with Gasteiger partial charge >= 0.3 is 6.09 Å². The number of furan rings is 1. The monoisotopic (exact) mass is 487 g/mol. The molecule has 0 bridgehead atoms. The quantitative estimate of drug-likeness (QED) is 0.493. The smallest absolute Gasteiger partial charge is 0.407 e. The molecule has 3 heterocycles. The van der Waals surface area contributed by atoms with Gasteiger partial charge in [-0.15, -0.1) is 0 Å². The SMILES string of the molecule is CC(C)(C)c1cc(-c2ccc(Cl)c(F)c2)nc2cc(C(=O)N3CCN(C(=O)O)CC3(C)C)oc12. The lowest BCUT2D eigenvalue weighted by Gasteiger charge is -2.45. The molecule has 2 amide bonds. The first-order chi connectivity index (χ1) is 15.8. The summed E-state index contributed by atoms with van der Waals surface area (Å²) in [6, 6.07) is 7.96. The molecule has 180 valence electrons. The Bertz CT molecular complexity index is 1300. The van der Waals surface area contributed by atoms with Gasteiger partial charge in [0.05, 0.1) is 16.3 Å². The average molecular weight is 488 g/mol. The van der Waals surface area contributed by atoms with Crippen LogP contribution in [0, 0.1) is 5.82 Å². The number of aromatic nitrogens is 1. The largest absolute Gasteiger partial charge is 0.465 e. The minimum Gasteiger partial charge on any atom is -0.465 e. The second kappa shape index (κ2) is 8.27. The van der Waals surface area contributed by atoms with Crippen LogP contribution in [0.4, 0.5) is 9.18 Å². The van der Waals surface area contributed by atoms with Crippen LogP contribution in [-0.4, -0.2) is 57.1 Å². The van der Waals surface area contributed by atoms with Crippen LogP contribution in [0.5, 0.6) is 0 Å². The number of piperazine rings is 1. The molecular formula is C25H27ClFN3O4. The summed E-state index contributed by atoms with van der Waals surface area (Å²) < 4.78 is 20.2. The first-order valence-electron chi connectivity index (χ1n) is 11.0. The van der Waals surface area contributed by atoms with E-state index in [2.05, 4.69) is 4.98 Å². The number of nitrogens with zero attached hydrogens (tertiary/aromatic N) is 3. The van der Waals surface area contributed by atoms with Crippen molar-refractivity contribution in [2.45, 2.75) is 45.6 Å². The number of amides is 2. The fraction of sp³-hybridized carbons (Fsp3) is 0.400. The van der Waals surface area contributed by atoms with Crippen molar-refractivity contribution in [1.29, 1.82) is 0 Å². The van der Waals surface area contributed by atoms with E-state index in [4.69, 9.17) is 16.0 Å². The number of fused-ring (bicyclic) bond motifs is 1. The zero-order valence-electron chi connectivity index (χ0n) is 19.8. The van der Waals surface area contributed by atoms with Gasteiger partial charge in [0.1, 0.15) is 11.3 Å². The molecule has 34 heavy (non-hydrogen) atoms. The van der Waals surface area contributed by atoms with E-state index in [-0.39, 0.29) is 41.7 Å². The van der Waals surface area contributed by atoms with E-state index in [1.807, 2.05) is 40.7 Å². The van der Waals surface area contributed by atoms with Gasteiger partial charge in [0.2, 0.25) is 0 Å². The third-order valence-electron chi connectivity index (χ3n) is 6.13. The van der Waals surface area contributed by atoms with Crippen molar-refractivity contribution in [3.8, 4) is 11.3 Å². The maximum absolute atomic E-state index is 14.1. The van der Waals surface area contributed by atoms with Gasteiger partial charge < -0.3 is 19.3 Å². The first kappa shape index (κ1) is 24.0. The molecule has 1 aromatic carbocycles. The van der Waals surface area contributed by atoms with Crippen LogP contribution < -0.4 is 0 Å². The first-order valence-corrected chi connectivity index (χ1v) is 11.4. The summed E-state index contributed by atoms with van der Waals surface area (Å²) >= 11 is 5.84. The summed E-state index contributed by atoms with van der Waals surface area (Å²) in [5.74, 6) is -0.736. The summed E-state index contributed by atoms with van der Waals surface area (Å²) in [6.45, 7) is 10.4. The Balaban J connectivity index is 1.78. The molecular weight excluding hydrogens is 461 g/mol. The zero-order chi connectivity index (χ0) is 25.0. The maximum atomic E-state index is 14.1. The van der Waals surface area contributed by atoms with E-state index in [1.165, 1.54) is 17.0 Å². The number of carbonyl (C=O) groups is 2. The van der Waals surface area contributed by atoms with Crippen molar-refractivity contribution < 1.29 is 23.5 Å². The number of hydrogen-bond donors (Lipinski definition) is 1. The second-order valence-electron chi connectivity index (χ2n) is 10.2. The third-order valence-corrected chi connectivity index (χ3v) is 6.44. The second-order valence-corrected chi connectivity index (χ2v) is 10.6. The van der Waals surface area contributed by atoms with Gasteiger partial charge in [0.25, 0.3) is 5.91 Å². The van der Waals surface area contributed by atoms with Crippen molar-refractivity contribution in [2.75, 3.05) is 19.6 Å². The van der Waals surface area contributed by atoms with Gasteiger partial charge in [-0.3, -0.25) is 4.79 Å². The minimum atomic E-state index is -1.01. The molecule has 3 aromatic rings. The summed E-state index contributed by atoms with van der Waals surface area (Å²) in [7, 11) is 0. The Hall–Kier alpha value is -3.13. The standard InChI is InChI=1S/C25H27ClFN3O4/c1-24(2,3)15-11-18(14-6-7-16(26)17(27)10-14)28-19-12-20(34-21(15)19)22(31)30-9-8-29(23(32)33)13-25(30,4)5/h6-7,10-12H,8-9,13H2,1-5H3,(H,32,33). The molecule has 9 heteroatoms. The molecule has 1 N–H and O–H groups in total. The molecule has 0 radical (unpaired) electrons. The summed E-state index contributed by atoms with van der Waals surface area (Å²) in [5.41, 5.74) is 1.87. The van der Waals surface area contributed by atoms with Gasteiger partial charge in [0.15, 0.2) is 11.3 Å². The molecule has 1 aliphatic heterocycles. The minimum absolute atomic E-state index is 0.0303. The highest BCUT2D eigenvalue weighted by Crippen LogP contribution is 2.36. The van der Waals surface area contributed by atoms with Gasteiger partial charge in [0, 0.05) is 36.8 Å². The van der Waals surface area contributed by atoms with Gasteiger partial charge in [-0.05, 0) is 37.5 Å². The summed E-state index contributed by atoms with van der Waals surface area (Å²) in [6.07, 6.45) is -1.01. The molecule has 1 saturated heterocycles. The van der Waals surface area contributed by atoms with Crippen molar-refractivity contribution in [3.63, 3.8) is 0 Å². The Morgan fingerprint density at radius 3 is 2.47 bits per heavy atom. The summed E-state index contributed by atoms with van der Waals surface area (Å²) in [4.78, 5) is 32.4. The van der Waals surface area contributed by atoms with Crippen molar-refractivity contribution in [2.24, 2.45) is 0 Å². The van der Waals surface area contributed by atoms with Gasteiger partial charge in [-0.25, -0.2) is 14.2 Å². The Morgan fingerprint density at radius 1 is 1.18 bits per heavy atom. The lowest BCUT2D eigenvalue weighted by Crippen LogP contribution is -2.61. The Labute approximate surface area is 202 Å². The van der Waals surface area contributed by atoms with Gasteiger partial charge in [-0.2, -0.15) is 0 Å². The number of rotatable bonds is 2. The van der Waals surface area contributed by atoms with Crippen LogP contribution in [0.3, 0.4) is 0 Å². The lowest BCUT2D eigenvalue weighted by atomic mass is 9.86.